The van der Waals surface area contributed by atoms with Crippen LogP contribution in [0.5, 0.6) is 0 Å². The topological polar surface area (TPSA) is 28.4 Å². The van der Waals surface area contributed by atoms with Crippen molar-refractivity contribution >= 4 is 0 Å². The molecule has 0 amide bonds. The molecule has 0 aliphatic rings. The first-order valence-electron chi connectivity index (χ1n) is 7.22. The van der Waals surface area contributed by atoms with Gasteiger partial charge < -0.3 is 9.73 Å². The molecule has 0 saturated carbocycles. The van der Waals surface area contributed by atoms with Crippen LogP contribution in [0.1, 0.15) is 50.7 Å². The Morgan fingerprint density at radius 3 is 2.39 bits per heavy atom. The molecule has 1 rings (SSSR count). The smallest absolute Gasteiger partial charge is 0.118 e. The van der Waals surface area contributed by atoms with Gasteiger partial charge in [0, 0.05) is 12.1 Å². The zero-order chi connectivity index (χ0) is 13.4. The molecule has 3 heteroatoms. The van der Waals surface area contributed by atoms with Crippen molar-refractivity contribution in [2.75, 3.05) is 19.6 Å². The van der Waals surface area contributed by atoms with Crippen molar-refractivity contribution in [2.45, 2.75) is 53.6 Å². The zero-order valence-electron chi connectivity index (χ0n) is 12.4. The Kier molecular flexibility index (Phi) is 7.06. The highest BCUT2D eigenvalue weighted by Crippen LogP contribution is 2.16. The minimum absolute atomic E-state index is 0.910. The van der Waals surface area contributed by atoms with Gasteiger partial charge in [0.2, 0.25) is 0 Å². The fourth-order valence-electron chi connectivity index (χ4n) is 2.22. The van der Waals surface area contributed by atoms with Crippen LogP contribution in [0.15, 0.2) is 10.5 Å². The minimum Gasteiger partial charge on any atom is -0.465 e. The largest absolute Gasteiger partial charge is 0.465 e. The second kappa shape index (κ2) is 8.33. The summed E-state index contributed by atoms with van der Waals surface area (Å²) in [6.07, 6.45) is 2.40. The quantitative estimate of drug-likeness (QED) is 0.731. The van der Waals surface area contributed by atoms with Crippen LogP contribution in [0, 0.1) is 6.92 Å². The van der Waals surface area contributed by atoms with E-state index in [1.54, 1.807) is 0 Å². The summed E-state index contributed by atoms with van der Waals surface area (Å²) in [7, 11) is 0. The Balaban J connectivity index is 2.59. The van der Waals surface area contributed by atoms with Crippen LogP contribution in [-0.2, 0) is 13.1 Å². The molecule has 104 valence electrons. The van der Waals surface area contributed by atoms with Crippen molar-refractivity contribution in [1.29, 1.82) is 0 Å². The average molecular weight is 252 g/mol. The summed E-state index contributed by atoms with van der Waals surface area (Å²) in [5.74, 6) is 2.15. The van der Waals surface area contributed by atoms with Gasteiger partial charge in [-0.25, -0.2) is 0 Å². The Hall–Kier alpha value is -0.800. The molecule has 0 bridgehead atoms. The summed E-state index contributed by atoms with van der Waals surface area (Å²) >= 11 is 0. The lowest BCUT2D eigenvalue weighted by atomic mass is 10.2. The van der Waals surface area contributed by atoms with Crippen molar-refractivity contribution in [3.8, 4) is 0 Å². The summed E-state index contributed by atoms with van der Waals surface area (Å²) in [4.78, 5) is 2.47. The predicted octanol–water partition coefficient (Wildman–Crippen LogP) is 3.32. The molecule has 0 aliphatic heterocycles. The summed E-state index contributed by atoms with van der Waals surface area (Å²) < 4.78 is 5.85. The van der Waals surface area contributed by atoms with E-state index in [-0.39, 0.29) is 0 Å². The van der Waals surface area contributed by atoms with Crippen molar-refractivity contribution in [3.05, 3.63) is 23.2 Å². The van der Waals surface area contributed by atoms with Gasteiger partial charge in [0.25, 0.3) is 0 Å². The maximum absolute atomic E-state index is 5.85. The van der Waals surface area contributed by atoms with E-state index in [1.165, 1.54) is 18.4 Å². The lowest BCUT2D eigenvalue weighted by molar-refractivity contribution is 0.243. The van der Waals surface area contributed by atoms with E-state index in [1.807, 2.05) is 0 Å². The van der Waals surface area contributed by atoms with Gasteiger partial charge in [-0.1, -0.05) is 20.8 Å². The minimum atomic E-state index is 0.910. The molecule has 1 heterocycles. The van der Waals surface area contributed by atoms with E-state index >= 15 is 0 Å². The summed E-state index contributed by atoms with van der Waals surface area (Å²) in [6.45, 7) is 13.8. The Bertz CT molecular complexity index is 327. The van der Waals surface area contributed by atoms with Crippen molar-refractivity contribution in [1.82, 2.24) is 10.2 Å². The lowest BCUT2D eigenvalue weighted by Gasteiger charge is -2.19. The predicted molar refractivity (Wildman–Crippen MR) is 76.7 cm³/mol. The number of nitrogens with zero attached hydrogens (tertiary/aromatic N) is 1. The molecule has 1 aromatic rings. The molecule has 0 aliphatic carbocycles. The molecule has 0 spiro atoms. The van der Waals surface area contributed by atoms with Crippen molar-refractivity contribution in [2.24, 2.45) is 0 Å². The second-order valence-electron chi connectivity index (χ2n) is 4.85. The molecule has 18 heavy (non-hydrogen) atoms. The van der Waals surface area contributed by atoms with Gasteiger partial charge in [-0.3, -0.25) is 4.90 Å². The number of nitrogens with one attached hydrogen (secondary N) is 1. The highest BCUT2D eigenvalue weighted by molar-refractivity contribution is 5.20. The van der Waals surface area contributed by atoms with Crippen LogP contribution in [0.2, 0.25) is 0 Å². The molecule has 0 fully saturated rings. The van der Waals surface area contributed by atoms with E-state index in [4.69, 9.17) is 4.42 Å². The molecule has 1 aromatic heterocycles. The SMILES string of the molecule is CCCN(CCC)Cc1cc(CNCC)c(C)o1. The van der Waals surface area contributed by atoms with Gasteiger partial charge in [-0.05, 0) is 45.5 Å². The molecule has 1 N–H and O–H groups in total. The van der Waals surface area contributed by atoms with Crippen molar-refractivity contribution < 1.29 is 4.42 Å². The van der Waals surface area contributed by atoms with Crippen LogP contribution in [0.3, 0.4) is 0 Å². The first-order chi connectivity index (χ1) is 8.71. The Morgan fingerprint density at radius 1 is 1.17 bits per heavy atom. The van der Waals surface area contributed by atoms with Crippen LogP contribution in [0.4, 0.5) is 0 Å². The molecule has 0 atom stereocenters. The van der Waals surface area contributed by atoms with Gasteiger partial charge in [-0.2, -0.15) is 0 Å². The number of hydrogen-bond donors (Lipinski definition) is 1. The van der Waals surface area contributed by atoms with E-state index < -0.39 is 0 Å². The van der Waals surface area contributed by atoms with Crippen LogP contribution in [0.25, 0.3) is 0 Å². The van der Waals surface area contributed by atoms with Crippen LogP contribution < -0.4 is 5.32 Å². The van der Waals surface area contributed by atoms with E-state index in [2.05, 4.69) is 44.0 Å². The molecule has 0 unspecified atom stereocenters. The second-order valence-corrected chi connectivity index (χ2v) is 4.85. The summed E-state index contributed by atoms with van der Waals surface area (Å²) in [6, 6.07) is 2.20. The summed E-state index contributed by atoms with van der Waals surface area (Å²) in [5.41, 5.74) is 1.29. The molecule has 0 radical (unpaired) electrons. The normalized spacial score (nSPS) is 11.4. The molecular formula is C15H28N2O. The van der Waals surface area contributed by atoms with E-state index in [0.29, 0.717) is 0 Å². The lowest BCUT2D eigenvalue weighted by Crippen LogP contribution is -2.24. The third kappa shape index (κ3) is 4.83. The average Bonchev–Trinajstić information content (AvgIpc) is 2.67. The molecular weight excluding hydrogens is 224 g/mol. The highest BCUT2D eigenvalue weighted by atomic mass is 16.3. The standard InChI is InChI=1S/C15H28N2O/c1-5-8-17(9-6-2)12-15-10-14(11-16-7-3)13(4)18-15/h10,16H,5-9,11-12H2,1-4H3. The third-order valence-corrected chi connectivity index (χ3v) is 3.10. The maximum atomic E-state index is 5.85. The van der Waals surface area contributed by atoms with Gasteiger partial charge in [-0.15, -0.1) is 0 Å². The number of aryl methyl sites for hydroxylation is 1. The molecule has 3 nitrogen and oxygen atoms in total. The van der Waals surface area contributed by atoms with Crippen LogP contribution in [-0.4, -0.2) is 24.5 Å². The molecule has 0 saturated heterocycles. The zero-order valence-corrected chi connectivity index (χ0v) is 12.4. The van der Waals surface area contributed by atoms with Gasteiger partial charge in [0.1, 0.15) is 11.5 Å². The summed E-state index contributed by atoms with van der Waals surface area (Å²) in [5, 5.41) is 3.35. The molecule has 0 aromatic carbocycles. The van der Waals surface area contributed by atoms with E-state index in [0.717, 1.165) is 44.2 Å². The number of furan rings is 1. The fourth-order valence-corrected chi connectivity index (χ4v) is 2.22. The monoisotopic (exact) mass is 252 g/mol. The highest BCUT2D eigenvalue weighted by Gasteiger charge is 2.10. The Morgan fingerprint density at radius 2 is 1.83 bits per heavy atom. The van der Waals surface area contributed by atoms with E-state index in [9.17, 15) is 0 Å². The van der Waals surface area contributed by atoms with Crippen molar-refractivity contribution in [3.63, 3.8) is 0 Å². The van der Waals surface area contributed by atoms with Crippen LogP contribution >= 0.6 is 0 Å². The first-order valence-corrected chi connectivity index (χ1v) is 7.22. The van der Waals surface area contributed by atoms with Gasteiger partial charge in [0.05, 0.1) is 6.54 Å². The van der Waals surface area contributed by atoms with Gasteiger partial charge in [0.15, 0.2) is 0 Å². The maximum Gasteiger partial charge on any atom is 0.118 e. The Labute approximate surface area is 112 Å². The number of rotatable bonds is 9. The number of hydrogen-bond acceptors (Lipinski definition) is 3. The third-order valence-electron chi connectivity index (χ3n) is 3.10. The van der Waals surface area contributed by atoms with Gasteiger partial charge >= 0.3 is 0 Å². The first kappa shape index (κ1) is 15.3. The fraction of sp³-hybridized carbons (Fsp3) is 0.733.